The normalized spacial score (nSPS) is 21.8. The van der Waals surface area contributed by atoms with Gasteiger partial charge in [0.15, 0.2) is 0 Å². The SMILES string of the molecule is FC(F)(F)COCCNC(C1CC1)C1CC1. The molecule has 0 spiro atoms. The first-order valence-corrected chi connectivity index (χ1v) is 5.94. The van der Waals surface area contributed by atoms with Gasteiger partial charge in [-0.1, -0.05) is 0 Å². The van der Waals surface area contributed by atoms with E-state index in [1.807, 2.05) is 0 Å². The molecule has 2 nitrogen and oxygen atoms in total. The lowest BCUT2D eigenvalue weighted by molar-refractivity contribution is -0.173. The molecule has 94 valence electrons. The van der Waals surface area contributed by atoms with Gasteiger partial charge in [0.2, 0.25) is 0 Å². The lowest BCUT2D eigenvalue weighted by Crippen LogP contribution is -2.36. The molecule has 0 aromatic rings. The Morgan fingerprint density at radius 3 is 2.12 bits per heavy atom. The van der Waals surface area contributed by atoms with Gasteiger partial charge in [0.1, 0.15) is 6.61 Å². The van der Waals surface area contributed by atoms with E-state index in [1.165, 1.54) is 25.7 Å². The van der Waals surface area contributed by atoms with E-state index in [0.29, 0.717) is 12.6 Å². The largest absolute Gasteiger partial charge is 0.411 e. The summed E-state index contributed by atoms with van der Waals surface area (Å²) in [7, 11) is 0. The standard InChI is InChI=1S/C11H18F3NO/c12-11(13,14)7-16-6-5-15-10(8-1-2-8)9-3-4-9/h8-10,15H,1-7H2. The molecule has 16 heavy (non-hydrogen) atoms. The molecular formula is C11H18F3NO. The van der Waals surface area contributed by atoms with Gasteiger partial charge in [-0.05, 0) is 37.5 Å². The molecule has 2 saturated carbocycles. The summed E-state index contributed by atoms with van der Waals surface area (Å²) in [6.07, 6.45) is 0.899. The minimum Gasteiger partial charge on any atom is -0.371 e. The smallest absolute Gasteiger partial charge is 0.371 e. The molecule has 0 bridgehead atoms. The van der Waals surface area contributed by atoms with Gasteiger partial charge in [0, 0.05) is 12.6 Å². The zero-order chi connectivity index (χ0) is 11.6. The highest BCUT2D eigenvalue weighted by atomic mass is 19.4. The van der Waals surface area contributed by atoms with Gasteiger partial charge in [-0.3, -0.25) is 0 Å². The summed E-state index contributed by atoms with van der Waals surface area (Å²) >= 11 is 0. The molecule has 0 amide bonds. The molecule has 0 aromatic carbocycles. The quantitative estimate of drug-likeness (QED) is 0.686. The highest BCUT2D eigenvalue weighted by Crippen LogP contribution is 2.44. The number of alkyl halides is 3. The number of hydrogen-bond acceptors (Lipinski definition) is 2. The highest BCUT2D eigenvalue weighted by Gasteiger charge is 2.40. The molecule has 0 atom stereocenters. The summed E-state index contributed by atoms with van der Waals surface area (Å²) < 4.78 is 39.9. The number of halogens is 3. The molecule has 1 N–H and O–H groups in total. The number of rotatable bonds is 7. The van der Waals surface area contributed by atoms with Crippen molar-refractivity contribution in [2.24, 2.45) is 11.8 Å². The maximum Gasteiger partial charge on any atom is 0.411 e. The second-order valence-corrected chi connectivity index (χ2v) is 4.82. The van der Waals surface area contributed by atoms with Crippen molar-refractivity contribution in [3.63, 3.8) is 0 Å². The van der Waals surface area contributed by atoms with Crippen LogP contribution in [0.3, 0.4) is 0 Å². The molecule has 0 radical (unpaired) electrons. The molecule has 2 aliphatic rings. The minimum atomic E-state index is -4.20. The summed E-state index contributed by atoms with van der Waals surface area (Å²) in [5.74, 6) is 1.55. The van der Waals surface area contributed by atoms with Crippen LogP contribution in [0.2, 0.25) is 0 Å². The first kappa shape index (κ1) is 12.2. The second kappa shape index (κ2) is 4.92. The van der Waals surface area contributed by atoms with Crippen LogP contribution >= 0.6 is 0 Å². The van der Waals surface area contributed by atoms with Crippen LogP contribution in [0.25, 0.3) is 0 Å². The Morgan fingerprint density at radius 2 is 1.69 bits per heavy atom. The Hall–Kier alpha value is -0.290. The van der Waals surface area contributed by atoms with E-state index >= 15 is 0 Å². The Kier molecular flexibility index (Phi) is 3.74. The van der Waals surface area contributed by atoms with E-state index in [2.05, 4.69) is 10.1 Å². The Balaban J connectivity index is 1.53. The van der Waals surface area contributed by atoms with E-state index in [9.17, 15) is 13.2 Å². The van der Waals surface area contributed by atoms with E-state index in [1.54, 1.807) is 0 Å². The first-order chi connectivity index (χ1) is 7.56. The van der Waals surface area contributed by atoms with E-state index in [0.717, 1.165) is 11.8 Å². The van der Waals surface area contributed by atoms with Crippen LogP contribution in [0.5, 0.6) is 0 Å². The van der Waals surface area contributed by atoms with Crippen molar-refractivity contribution in [3.05, 3.63) is 0 Å². The van der Waals surface area contributed by atoms with Crippen molar-refractivity contribution in [2.75, 3.05) is 19.8 Å². The van der Waals surface area contributed by atoms with Gasteiger partial charge >= 0.3 is 6.18 Å². The van der Waals surface area contributed by atoms with Gasteiger partial charge in [-0.2, -0.15) is 13.2 Å². The van der Waals surface area contributed by atoms with E-state index in [4.69, 9.17) is 0 Å². The monoisotopic (exact) mass is 237 g/mol. The molecular weight excluding hydrogens is 219 g/mol. The summed E-state index contributed by atoms with van der Waals surface area (Å²) in [5, 5.41) is 3.34. The van der Waals surface area contributed by atoms with Crippen molar-refractivity contribution in [1.29, 1.82) is 0 Å². The fourth-order valence-corrected chi connectivity index (χ4v) is 2.11. The molecule has 2 fully saturated rings. The summed E-state index contributed by atoms with van der Waals surface area (Å²) in [5.41, 5.74) is 0. The van der Waals surface area contributed by atoms with Crippen LogP contribution in [-0.2, 0) is 4.74 Å². The Bertz CT molecular complexity index is 212. The lowest BCUT2D eigenvalue weighted by atomic mass is 10.1. The van der Waals surface area contributed by atoms with Crippen LogP contribution < -0.4 is 5.32 Å². The highest BCUT2D eigenvalue weighted by molar-refractivity contribution is 4.96. The van der Waals surface area contributed by atoms with Crippen molar-refractivity contribution in [2.45, 2.75) is 37.9 Å². The maximum absolute atomic E-state index is 11.8. The van der Waals surface area contributed by atoms with Crippen LogP contribution in [0, 0.1) is 11.8 Å². The van der Waals surface area contributed by atoms with Crippen molar-refractivity contribution in [1.82, 2.24) is 5.32 Å². The molecule has 0 heterocycles. The fraction of sp³-hybridized carbons (Fsp3) is 1.00. The first-order valence-electron chi connectivity index (χ1n) is 5.94. The molecule has 0 aliphatic heterocycles. The average Bonchev–Trinajstić information content (AvgIpc) is 2.98. The molecule has 5 heteroatoms. The van der Waals surface area contributed by atoms with Crippen LogP contribution in [0.1, 0.15) is 25.7 Å². The van der Waals surface area contributed by atoms with Gasteiger partial charge in [-0.15, -0.1) is 0 Å². The minimum absolute atomic E-state index is 0.148. The van der Waals surface area contributed by atoms with Crippen molar-refractivity contribution in [3.8, 4) is 0 Å². The van der Waals surface area contributed by atoms with E-state index < -0.39 is 12.8 Å². The Labute approximate surface area is 93.5 Å². The van der Waals surface area contributed by atoms with Crippen molar-refractivity contribution < 1.29 is 17.9 Å². The number of hydrogen-bond donors (Lipinski definition) is 1. The van der Waals surface area contributed by atoms with Gasteiger partial charge in [-0.25, -0.2) is 0 Å². The topological polar surface area (TPSA) is 21.3 Å². The molecule has 2 aliphatic carbocycles. The van der Waals surface area contributed by atoms with Crippen LogP contribution in [-0.4, -0.2) is 32.0 Å². The molecule has 0 saturated heterocycles. The van der Waals surface area contributed by atoms with Gasteiger partial charge in [0.05, 0.1) is 6.61 Å². The van der Waals surface area contributed by atoms with Gasteiger partial charge in [0.25, 0.3) is 0 Å². The van der Waals surface area contributed by atoms with Crippen LogP contribution in [0.15, 0.2) is 0 Å². The zero-order valence-electron chi connectivity index (χ0n) is 9.22. The third kappa shape index (κ3) is 4.29. The predicted octanol–water partition coefficient (Wildman–Crippen LogP) is 2.34. The maximum atomic E-state index is 11.8. The number of nitrogens with one attached hydrogen (secondary N) is 1. The van der Waals surface area contributed by atoms with Crippen LogP contribution in [0.4, 0.5) is 13.2 Å². The lowest BCUT2D eigenvalue weighted by Gasteiger charge is -2.17. The second-order valence-electron chi connectivity index (χ2n) is 4.82. The summed E-state index contributed by atoms with van der Waals surface area (Å²) in [4.78, 5) is 0. The van der Waals surface area contributed by atoms with Crippen molar-refractivity contribution >= 4 is 0 Å². The third-order valence-electron chi connectivity index (χ3n) is 3.15. The molecule has 2 rings (SSSR count). The van der Waals surface area contributed by atoms with Gasteiger partial charge < -0.3 is 10.1 Å². The number of ether oxygens (including phenoxy) is 1. The zero-order valence-corrected chi connectivity index (χ0v) is 9.22. The summed E-state index contributed by atoms with van der Waals surface area (Å²) in [6.45, 7) is -0.449. The average molecular weight is 237 g/mol. The Morgan fingerprint density at radius 1 is 1.12 bits per heavy atom. The predicted molar refractivity (Wildman–Crippen MR) is 54.1 cm³/mol. The fourth-order valence-electron chi connectivity index (χ4n) is 2.11. The van der Waals surface area contributed by atoms with E-state index in [-0.39, 0.29) is 6.61 Å². The third-order valence-corrected chi connectivity index (χ3v) is 3.15. The molecule has 0 unspecified atom stereocenters. The molecule has 0 aromatic heterocycles. The summed E-state index contributed by atoms with van der Waals surface area (Å²) in [6, 6.07) is 0.537.